The number of nitrogens with zero attached hydrogens (tertiary/aromatic N) is 2. The number of likely N-dealkylation sites (N-methyl/N-ethyl adjacent to an activating group) is 1. The van der Waals surface area contributed by atoms with Gasteiger partial charge < -0.3 is 30.8 Å². The van der Waals surface area contributed by atoms with Crippen molar-refractivity contribution in [2.45, 2.75) is 66.0 Å². The Labute approximate surface area is 238 Å². The number of ether oxygens (including phenoxy) is 1. The number of hydrogen-bond acceptors (Lipinski definition) is 5. The third kappa shape index (κ3) is 11.2. The zero-order chi connectivity index (χ0) is 30.3. The van der Waals surface area contributed by atoms with Crippen LogP contribution in [0.3, 0.4) is 0 Å². The summed E-state index contributed by atoms with van der Waals surface area (Å²) in [4.78, 5) is 32.0. The average Bonchev–Trinajstić information content (AvgIpc) is 3.30. The first kappa shape index (κ1) is 33.8. The van der Waals surface area contributed by atoms with Crippen molar-refractivity contribution in [1.82, 2.24) is 20.2 Å². The zero-order valence-corrected chi connectivity index (χ0v) is 25.0. The van der Waals surface area contributed by atoms with Crippen molar-refractivity contribution in [2.75, 3.05) is 14.2 Å². The number of rotatable bonds is 10. The Balaban J connectivity index is 0.000000421. The number of pyridine rings is 1. The van der Waals surface area contributed by atoms with Crippen LogP contribution < -0.4 is 11.1 Å². The van der Waals surface area contributed by atoms with Crippen LogP contribution in [-0.4, -0.2) is 57.7 Å². The van der Waals surface area contributed by atoms with Gasteiger partial charge in [0.1, 0.15) is 5.65 Å². The number of nitrogens with two attached hydrogens (primary N) is 1. The van der Waals surface area contributed by atoms with Crippen LogP contribution in [0.15, 0.2) is 66.4 Å². The number of carbonyl (C=O) groups is 2. The molecule has 0 aliphatic heterocycles. The molecule has 0 saturated carbocycles. The van der Waals surface area contributed by atoms with Crippen molar-refractivity contribution in [3.8, 4) is 0 Å². The van der Waals surface area contributed by atoms with Crippen LogP contribution >= 0.6 is 0 Å². The molecular formula is C31H45N5O4. The Hall–Kier alpha value is -4.27. The minimum Gasteiger partial charge on any atom is -0.483 e. The lowest BCUT2D eigenvalue weighted by molar-refractivity contribution is -0.130. The van der Waals surface area contributed by atoms with E-state index in [0.717, 1.165) is 35.0 Å². The molecule has 1 atom stereocenters. The lowest BCUT2D eigenvalue weighted by Crippen LogP contribution is -2.46. The van der Waals surface area contributed by atoms with Gasteiger partial charge in [-0.05, 0) is 65.2 Å². The Morgan fingerprint density at radius 3 is 2.52 bits per heavy atom. The van der Waals surface area contributed by atoms with Crippen molar-refractivity contribution in [1.29, 1.82) is 0 Å². The monoisotopic (exact) mass is 551 g/mol. The maximum Gasteiger partial charge on any atom is 0.405 e. The molecule has 2 heterocycles. The maximum atomic E-state index is 12.2. The molecule has 0 spiro atoms. The van der Waals surface area contributed by atoms with Crippen LogP contribution in [0.1, 0.15) is 65.5 Å². The first-order valence-corrected chi connectivity index (χ1v) is 13.3. The minimum atomic E-state index is -1.14. The highest BCUT2D eigenvalue weighted by molar-refractivity contribution is 5.95. The summed E-state index contributed by atoms with van der Waals surface area (Å²) < 4.78 is 4.86. The summed E-state index contributed by atoms with van der Waals surface area (Å²) in [7, 11) is 3.26. The van der Waals surface area contributed by atoms with Gasteiger partial charge in [0.25, 0.3) is 5.91 Å². The average molecular weight is 552 g/mol. The van der Waals surface area contributed by atoms with Gasteiger partial charge >= 0.3 is 6.09 Å². The fourth-order valence-electron chi connectivity index (χ4n) is 3.43. The molecule has 5 N–H and O–H groups in total. The van der Waals surface area contributed by atoms with E-state index in [1.165, 1.54) is 0 Å². The molecule has 0 fully saturated rings. The molecule has 0 bridgehead atoms. The van der Waals surface area contributed by atoms with Gasteiger partial charge in [0, 0.05) is 41.5 Å². The minimum absolute atomic E-state index is 0.166. The summed E-state index contributed by atoms with van der Waals surface area (Å²) in [6.07, 6.45) is 20.3. The molecule has 0 aromatic carbocycles. The Morgan fingerprint density at radius 2 is 1.95 bits per heavy atom. The Kier molecular flexibility index (Phi) is 14.0. The summed E-state index contributed by atoms with van der Waals surface area (Å²) in [5.74, 6) is 0.238. The van der Waals surface area contributed by atoms with Crippen molar-refractivity contribution < 1.29 is 19.4 Å². The molecule has 0 radical (unpaired) electrons. The summed E-state index contributed by atoms with van der Waals surface area (Å²) >= 11 is 0. The van der Waals surface area contributed by atoms with E-state index in [2.05, 4.69) is 52.6 Å². The Bertz CT molecular complexity index is 1260. The molecule has 2 aromatic rings. The number of H-pyrrole nitrogens is 1. The van der Waals surface area contributed by atoms with Crippen LogP contribution in [0, 0.1) is 0 Å². The molecule has 9 heteroatoms. The van der Waals surface area contributed by atoms with E-state index in [1.54, 1.807) is 45.1 Å². The SMILES string of the molecule is C/C=C(/C(=O)N(C)C(C)(C)C)C(C)NC(=O)O.CC/C=C/c1cnc2[nH]cc(/C=C/C/C=C\C=C(/N)OC)c2c1. The first-order valence-electron chi connectivity index (χ1n) is 13.3. The smallest absolute Gasteiger partial charge is 0.405 e. The molecule has 0 aliphatic carbocycles. The summed E-state index contributed by atoms with van der Waals surface area (Å²) in [5, 5.41) is 12.1. The number of aromatic nitrogens is 2. The van der Waals surface area contributed by atoms with Gasteiger partial charge in [0.15, 0.2) is 5.88 Å². The van der Waals surface area contributed by atoms with Crippen LogP contribution in [0.5, 0.6) is 0 Å². The molecule has 40 heavy (non-hydrogen) atoms. The second kappa shape index (κ2) is 16.6. The lowest BCUT2D eigenvalue weighted by atomic mass is 10.0. The van der Waals surface area contributed by atoms with Crippen molar-refractivity contribution in [3.63, 3.8) is 0 Å². The van der Waals surface area contributed by atoms with E-state index < -0.39 is 12.1 Å². The number of carboxylic acid groups (broad SMARTS) is 1. The number of amides is 2. The van der Waals surface area contributed by atoms with E-state index >= 15 is 0 Å². The Morgan fingerprint density at radius 1 is 1.25 bits per heavy atom. The fourth-order valence-corrected chi connectivity index (χ4v) is 3.43. The van der Waals surface area contributed by atoms with E-state index in [4.69, 9.17) is 15.6 Å². The topological polar surface area (TPSA) is 134 Å². The van der Waals surface area contributed by atoms with Crippen LogP contribution in [0.4, 0.5) is 4.79 Å². The standard InChI is InChI=1S/C19H23N3O.C12H22N2O3/c1-3-4-9-15-12-17-16(14-22-19(17)21-13-15)10-7-5-6-8-11-18(20)23-2;1-7-9(8(2)13-11(16)17)10(15)14(6)12(3,4)5/h4,6-14H,3,5,20H2,1-2H3,(H,21,22);7-8,13H,1-6H3,(H,16,17)/b8-6-,9-4+,10-7+,18-11+;9-7+. The number of fused-ring (bicyclic) bond motifs is 1. The number of nitrogens with one attached hydrogen (secondary N) is 2. The van der Waals surface area contributed by atoms with Crippen LogP contribution in [0.2, 0.25) is 0 Å². The predicted octanol–water partition coefficient (Wildman–Crippen LogP) is 6.24. The molecular weight excluding hydrogens is 506 g/mol. The summed E-state index contributed by atoms with van der Waals surface area (Å²) in [6, 6.07) is 1.64. The third-order valence-electron chi connectivity index (χ3n) is 6.01. The molecule has 2 aromatic heterocycles. The summed E-state index contributed by atoms with van der Waals surface area (Å²) in [6.45, 7) is 11.3. The molecule has 9 nitrogen and oxygen atoms in total. The predicted molar refractivity (Wildman–Crippen MR) is 164 cm³/mol. The van der Waals surface area contributed by atoms with Crippen LogP contribution in [-0.2, 0) is 9.53 Å². The summed E-state index contributed by atoms with van der Waals surface area (Å²) in [5.41, 5.74) is 8.85. The zero-order valence-electron chi connectivity index (χ0n) is 25.0. The van der Waals surface area contributed by atoms with Gasteiger partial charge in [-0.2, -0.15) is 0 Å². The number of hydrogen-bond donors (Lipinski definition) is 4. The van der Waals surface area contributed by atoms with Crippen LogP contribution in [0.25, 0.3) is 23.2 Å². The number of allylic oxidation sites excluding steroid dienone is 6. The molecule has 2 rings (SSSR count). The van der Waals surface area contributed by atoms with E-state index in [1.807, 2.05) is 45.3 Å². The third-order valence-corrected chi connectivity index (χ3v) is 6.01. The van der Waals surface area contributed by atoms with E-state index in [0.29, 0.717) is 11.5 Å². The molecule has 218 valence electrons. The molecule has 0 saturated heterocycles. The van der Waals surface area contributed by atoms with Gasteiger partial charge in [-0.3, -0.25) is 4.79 Å². The van der Waals surface area contributed by atoms with Gasteiger partial charge in [-0.25, -0.2) is 9.78 Å². The lowest BCUT2D eigenvalue weighted by Gasteiger charge is -2.33. The van der Waals surface area contributed by atoms with Gasteiger partial charge in [-0.1, -0.05) is 49.5 Å². The highest BCUT2D eigenvalue weighted by atomic mass is 16.5. The highest BCUT2D eigenvalue weighted by Gasteiger charge is 2.27. The maximum absolute atomic E-state index is 12.2. The number of aromatic amines is 1. The highest BCUT2D eigenvalue weighted by Crippen LogP contribution is 2.20. The number of methoxy groups -OCH3 is 1. The van der Waals surface area contributed by atoms with E-state index in [9.17, 15) is 9.59 Å². The van der Waals surface area contributed by atoms with Gasteiger partial charge in [0.05, 0.1) is 13.2 Å². The first-order chi connectivity index (χ1) is 18.8. The van der Waals surface area contributed by atoms with E-state index in [-0.39, 0.29) is 11.4 Å². The van der Waals surface area contributed by atoms with Gasteiger partial charge in [0.2, 0.25) is 0 Å². The normalized spacial score (nSPS) is 13.5. The molecule has 1 unspecified atom stereocenters. The number of carbonyl (C=O) groups excluding carboxylic acids is 1. The molecule has 2 amide bonds. The largest absolute Gasteiger partial charge is 0.483 e. The fraction of sp³-hybridized carbons (Fsp3) is 0.387. The quantitative estimate of drug-likeness (QED) is 0.157. The van der Waals surface area contributed by atoms with Crippen molar-refractivity contribution in [2.24, 2.45) is 5.73 Å². The second-order valence-corrected chi connectivity index (χ2v) is 10.0. The molecule has 0 aliphatic rings. The van der Waals surface area contributed by atoms with Crippen molar-refractivity contribution in [3.05, 3.63) is 77.5 Å². The second-order valence-electron chi connectivity index (χ2n) is 10.0. The van der Waals surface area contributed by atoms with Gasteiger partial charge in [-0.15, -0.1) is 0 Å². The van der Waals surface area contributed by atoms with Crippen molar-refractivity contribution >= 4 is 35.2 Å².